The number of rotatable bonds is 9. The van der Waals surface area contributed by atoms with E-state index in [9.17, 15) is 13.2 Å². The first-order chi connectivity index (χ1) is 19.3. The molecule has 3 aromatic rings. The summed E-state index contributed by atoms with van der Waals surface area (Å²) in [6.45, 7) is 5.70. The van der Waals surface area contributed by atoms with E-state index in [-0.39, 0.29) is 22.8 Å². The van der Waals surface area contributed by atoms with Gasteiger partial charge in [0.15, 0.2) is 17.3 Å². The fraction of sp³-hybridized carbons (Fsp3) is 0.643. The van der Waals surface area contributed by atoms with E-state index in [1.165, 1.54) is 0 Å². The van der Waals surface area contributed by atoms with Crippen molar-refractivity contribution in [3.63, 3.8) is 0 Å². The molecule has 0 unspecified atom stereocenters. The van der Waals surface area contributed by atoms with E-state index in [1.807, 2.05) is 6.92 Å². The van der Waals surface area contributed by atoms with Crippen molar-refractivity contribution in [1.29, 1.82) is 0 Å². The number of aryl methyl sites for hydroxylation is 1. The fourth-order valence-electron chi connectivity index (χ4n) is 6.02. The molecule has 1 aliphatic heterocycles. The topological polar surface area (TPSA) is 136 Å². The molecule has 12 heteroatoms. The van der Waals surface area contributed by atoms with E-state index < -0.39 is 10.0 Å². The Kier molecular flexibility index (Phi) is 6.38. The molecule has 0 spiro atoms. The maximum absolute atomic E-state index is 13.9. The van der Waals surface area contributed by atoms with Crippen LogP contribution in [-0.4, -0.2) is 67.1 Å². The summed E-state index contributed by atoms with van der Waals surface area (Å²) in [7, 11) is -3.13. The zero-order chi connectivity index (χ0) is 27.6. The molecule has 1 atom stereocenters. The average Bonchev–Trinajstić information content (AvgIpc) is 3.79. The van der Waals surface area contributed by atoms with Crippen LogP contribution < -0.4 is 10.9 Å². The molecule has 212 valence electrons. The van der Waals surface area contributed by atoms with Crippen LogP contribution in [0.15, 0.2) is 17.3 Å². The highest BCUT2D eigenvalue weighted by molar-refractivity contribution is 7.90. The predicted octanol–water partition coefficient (Wildman–Crippen LogP) is 3.42. The van der Waals surface area contributed by atoms with Gasteiger partial charge >= 0.3 is 0 Å². The normalized spacial score (nSPS) is 21.6. The van der Waals surface area contributed by atoms with Gasteiger partial charge < -0.3 is 5.32 Å². The van der Waals surface area contributed by atoms with E-state index in [4.69, 9.17) is 4.98 Å². The molecule has 0 amide bonds. The van der Waals surface area contributed by atoms with E-state index >= 15 is 0 Å². The highest BCUT2D eigenvalue weighted by Crippen LogP contribution is 2.43. The third kappa shape index (κ3) is 4.78. The summed E-state index contributed by atoms with van der Waals surface area (Å²) in [5, 5.41) is 3.15. The number of aromatic nitrogens is 6. The summed E-state index contributed by atoms with van der Waals surface area (Å²) in [4.78, 5) is 37.1. The molecule has 1 saturated heterocycles. The summed E-state index contributed by atoms with van der Waals surface area (Å²) in [6.07, 6.45) is 10.8. The number of hydrogen-bond donors (Lipinski definition) is 1. The van der Waals surface area contributed by atoms with Crippen molar-refractivity contribution >= 4 is 27.0 Å². The third-order valence-electron chi connectivity index (χ3n) is 9.03. The lowest BCUT2D eigenvalue weighted by molar-refractivity contribution is 0.281. The number of hydrogen-bond acceptors (Lipinski definition) is 9. The van der Waals surface area contributed by atoms with Gasteiger partial charge in [-0.2, -0.15) is 0 Å². The van der Waals surface area contributed by atoms with E-state index in [2.05, 4.69) is 32.2 Å². The van der Waals surface area contributed by atoms with Gasteiger partial charge in [-0.3, -0.25) is 9.36 Å². The predicted molar refractivity (Wildman–Crippen MR) is 151 cm³/mol. The molecule has 3 aromatic heterocycles. The number of nitrogens with one attached hydrogen (secondary N) is 1. The Morgan fingerprint density at radius 1 is 1.00 bits per heavy atom. The first-order valence-corrected chi connectivity index (χ1v) is 16.2. The Morgan fingerprint density at radius 2 is 1.75 bits per heavy atom. The maximum atomic E-state index is 13.9. The van der Waals surface area contributed by atoms with Gasteiger partial charge in [-0.05, 0) is 77.0 Å². The molecule has 11 nitrogen and oxygen atoms in total. The zero-order valence-electron chi connectivity index (χ0n) is 23.1. The van der Waals surface area contributed by atoms with Gasteiger partial charge in [0.25, 0.3) is 5.56 Å². The summed E-state index contributed by atoms with van der Waals surface area (Å²) in [6, 6.07) is -0.00630. The standard InChI is InChI=1S/C28H36N8O3S/c1-16-23(24(20-5-6-20)32-15-31-16)25-30-14-22-27(34-25)36(17(2)19-3-4-19)28(37)26(33-22)29-13-18-9-11-35(12-10-18)40(38,39)21-7-8-21/h14-15,17-21H,3-13H2,1-2H3,(H,29,33)/t17-/m0/s1. The molecule has 4 aliphatic rings. The molecule has 0 radical (unpaired) electrons. The molecule has 4 heterocycles. The van der Waals surface area contributed by atoms with Gasteiger partial charge in [-0.1, -0.05) is 0 Å². The highest BCUT2D eigenvalue weighted by atomic mass is 32.2. The Balaban J connectivity index is 1.17. The Hall–Kier alpha value is -2.99. The van der Waals surface area contributed by atoms with Crippen molar-refractivity contribution in [3.8, 4) is 11.4 Å². The van der Waals surface area contributed by atoms with E-state index in [0.29, 0.717) is 54.3 Å². The summed E-state index contributed by atoms with van der Waals surface area (Å²) in [5.74, 6) is 1.98. The van der Waals surface area contributed by atoms with Gasteiger partial charge in [0, 0.05) is 31.6 Å². The zero-order valence-corrected chi connectivity index (χ0v) is 23.9. The first-order valence-electron chi connectivity index (χ1n) is 14.6. The lowest BCUT2D eigenvalue weighted by Crippen LogP contribution is -2.41. The van der Waals surface area contributed by atoms with Crippen LogP contribution in [0.1, 0.15) is 81.6 Å². The van der Waals surface area contributed by atoms with Crippen molar-refractivity contribution in [1.82, 2.24) is 33.8 Å². The molecule has 40 heavy (non-hydrogen) atoms. The largest absolute Gasteiger partial charge is 0.365 e. The molecule has 7 rings (SSSR count). The van der Waals surface area contributed by atoms with Crippen LogP contribution in [0.25, 0.3) is 22.6 Å². The van der Waals surface area contributed by atoms with Crippen LogP contribution in [0.4, 0.5) is 5.82 Å². The first kappa shape index (κ1) is 25.9. The average molecular weight is 565 g/mol. The van der Waals surface area contributed by atoms with Crippen LogP contribution in [0.2, 0.25) is 0 Å². The second-order valence-corrected chi connectivity index (χ2v) is 14.3. The van der Waals surface area contributed by atoms with Gasteiger partial charge in [0.2, 0.25) is 10.0 Å². The monoisotopic (exact) mass is 564 g/mol. The molecule has 3 saturated carbocycles. The lowest BCUT2D eigenvalue weighted by Gasteiger charge is -2.31. The Morgan fingerprint density at radius 3 is 2.42 bits per heavy atom. The van der Waals surface area contributed by atoms with Gasteiger partial charge in [-0.25, -0.2) is 37.6 Å². The maximum Gasteiger partial charge on any atom is 0.295 e. The molecular weight excluding hydrogens is 528 g/mol. The van der Waals surface area contributed by atoms with Gasteiger partial charge in [-0.15, -0.1) is 0 Å². The second kappa shape index (κ2) is 9.83. The minimum atomic E-state index is -3.13. The fourth-order valence-corrected chi connectivity index (χ4v) is 7.90. The van der Waals surface area contributed by atoms with Crippen molar-refractivity contribution in [3.05, 3.63) is 34.3 Å². The van der Waals surface area contributed by atoms with Crippen LogP contribution in [0.3, 0.4) is 0 Å². The van der Waals surface area contributed by atoms with Crippen molar-refractivity contribution < 1.29 is 8.42 Å². The third-order valence-corrected chi connectivity index (χ3v) is 11.4. The summed E-state index contributed by atoms with van der Waals surface area (Å²) in [5.41, 5.74) is 3.63. The minimum absolute atomic E-state index is 0.00630. The summed E-state index contributed by atoms with van der Waals surface area (Å²) >= 11 is 0. The molecule has 0 aromatic carbocycles. The van der Waals surface area contributed by atoms with Crippen LogP contribution in [0, 0.1) is 18.8 Å². The Labute approximate surface area is 233 Å². The number of nitrogens with zero attached hydrogens (tertiary/aromatic N) is 7. The van der Waals surface area contributed by atoms with Crippen LogP contribution in [-0.2, 0) is 10.0 Å². The Bertz CT molecular complexity index is 1620. The SMILES string of the molecule is Cc1ncnc(C2CC2)c1-c1ncc2nc(NCC3CCN(S(=O)(=O)C4CC4)CC3)c(=O)n([C@@H](C)C3CC3)c2n1. The minimum Gasteiger partial charge on any atom is -0.365 e. The number of fused-ring (bicyclic) bond motifs is 1. The quantitative estimate of drug-likeness (QED) is 0.415. The number of piperidine rings is 1. The molecule has 0 bridgehead atoms. The van der Waals surface area contributed by atoms with E-state index in [0.717, 1.165) is 68.3 Å². The van der Waals surface area contributed by atoms with Gasteiger partial charge in [0.05, 0.1) is 28.4 Å². The molecular formula is C28H36N8O3S. The number of sulfonamides is 1. The van der Waals surface area contributed by atoms with Crippen LogP contribution in [0.5, 0.6) is 0 Å². The lowest BCUT2D eigenvalue weighted by atomic mass is 9.98. The van der Waals surface area contributed by atoms with Crippen molar-refractivity contribution in [2.24, 2.45) is 11.8 Å². The number of anilines is 1. The van der Waals surface area contributed by atoms with E-state index in [1.54, 1.807) is 21.4 Å². The summed E-state index contributed by atoms with van der Waals surface area (Å²) < 4.78 is 28.6. The molecule has 4 fully saturated rings. The van der Waals surface area contributed by atoms with Crippen molar-refractivity contribution in [2.45, 2.75) is 82.4 Å². The van der Waals surface area contributed by atoms with Gasteiger partial charge in [0.1, 0.15) is 11.8 Å². The molecule has 1 N–H and O–H groups in total. The van der Waals surface area contributed by atoms with Crippen LogP contribution >= 0.6 is 0 Å². The highest BCUT2D eigenvalue weighted by Gasteiger charge is 2.41. The van der Waals surface area contributed by atoms with Crippen molar-refractivity contribution in [2.75, 3.05) is 25.0 Å². The second-order valence-electron chi connectivity index (χ2n) is 12.1. The molecule has 3 aliphatic carbocycles. The smallest absolute Gasteiger partial charge is 0.295 e.